The molecule has 3 aromatic heterocycles. The summed E-state index contributed by atoms with van der Waals surface area (Å²) in [6, 6.07) is 14.6. The Kier molecular flexibility index (Phi) is 9.74. The van der Waals surface area contributed by atoms with Gasteiger partial charge < -0.3 is 38.6 Å². The van der Waals surface area contributed by atoms with Crippen LogP contribution in [0, 0.1) is 11.7 Å². The molecular formula is C32H28N2O10S. The Morgan fingerprint density at radius 2 is 1.56 bits per heavy atom. The first-order valence-electron chi connectivity index (χ1n) is 13.3. The van der Waals surface area contributed by atoms with Crippen LogP contribution in [0.5, 0.6) is 23.0 Å². The van der Waals surface area contributed by atoms with E-state index in [4.69, 9.17) is 30.9 Å². The third-order valence-corrected chi connectivity index (χ3v) is 6.85. The highest BCUT2D eigenvalue weighted by Gasteiger charge is 2.14. The average molecular weight is 633 g/mol. The first-order valence-corrected chi connectivity index (χ1v) is 13.7. The monoisotopic (exact) mass is 632 g/mol. The van der Waals surface area contributed by atoms with Crippen molar-refractivity contribution >= 4 is 40.2 Å². The van der Waals surface area contributed by atoms with Crippen molar-refractivity contribution < 1.29 is 38.8 Å². The summed E-state index contributed by atoms with van der Waals surface area (Å²) in [4.78, 5) is 34.5. The van der Waals surface area contributed by atoms with Gasteiger partial charge in [-0.05, 0) is 61.5 Å². The third kappa shape index (κ3) is 7.40. The van der Waals surface area contributed by atoms with Gasteiger partial charge in [0.1, 0.15) is 45.8 Å². The number of ether oxygens (including phenoxy) is 1. The van der Waals surface area contributed by atoms with Crippen molar-refractivity contribution in [2.75, 3.05) is 6.61 Å². The molecule has 6 rings (SSSR count). The summed E-state index contributed by atoms with van der Waals surface area (Å²) in [5.41, 5.74) is 1.40. The number of fused-ring (bicyclic) bond motifs is 2. The van der Waals surface area contributed by atoms with Gasteiger partial charge in [0.05, 0.1) is 12.2 Å². The number of aromatic nitrogens is 2. The average Bonchev–Trinajstić information content (AvgIpc) is 3.31. The molecule has 6 aromatic rings. The number of imidazole rings is 1. The maximum Gasteiger partial charge on any atom is 0.420 e. The van der Waals surface area contributed by atoms with Gasteiger partial charge >= 0.3 is 11.7 Å². The zero-order valence-electron chi connectivity index (χ0n) is 24.3. The summed E-state index contributed by atoms with van der Waals surface area (Å²) in [6.45, 7) is 3.94. The molecule has 12 nitrogen and oxygen atoms in total. The number of aromatic hydroxyl groups is 4. The van der Waals surface area contributed by atoms with Crippen LogP contribution in [0.25, 0.3) is 33.1 Å². The number of carbonyl (C=O) groups excluding carboxylic acids is 1. The van der Waals surface area contributed by atoms with Gasteiger partial charge in [0, 0.05) is 49.1 Å². The standard InChI is InChI=1S/C15H10O5.C10H8O3.C7H10N2O2S/c16-9-3-1-8(2-4-9)11-7-20-13-6-10(17)5-12(18)14(13)15(11)19;1-6-4-10(12)13-9-5-7(11)2-3-8(6)9;1-3-11-7(10)9-5-4-8(2)6(9)12/h1-7,16-18H;2-5,11H,1H3;4-5H,3H2,1-2H3. The Morgan fingerprint density at radius 3 is 2.20 bits per heavy atom. The van der Waals surface area contributed by atoms with Crippen molar-refractivity contribution in [3.63, 3.8) is 0 Å². The van der Waals surface area contributed by atoms with E-state index in [2.05, 4.69) is 0 Å². The molecule has 0 bridgehead atoms. The summed E-state index contributed by atoms with van der Waals surface area (Å²) in [7, 11) is 1.78. The predicted molar refractivity (Wildman–Crippen MR) is 168 cm³/mol. The second-order valence-corrected chi connectivity index (χ2v) is 9.92. The summed E-state index contributed by atoms with van der Waals surface area (Å²) in [5, 5.41) is 38.4. The van der Waals surface area contributed by atoms with Gasteiger partial charge in [-0.15, -0.1) is 0 Å². The lowest BCUT2D eigenvalue weighted by Gasteiger charge is -2.05. The molecule has 0 atom stereocenters. The van der Waals surface area contributed by atoms with Gasteiger partial charge in [-0.3, -0.25) is 4.79 Å². The summed E-state index contributed by atoms with van der Waals surface area (Å²) in [5.74, 6) is -0.335. The molecule has 232 valence electrons. The van der Waals surface area contributed by atoms with Crippen LogP contribution in [0.15, 0.2) is 97.7 Å². The van der Waals surface area contributed by atoms with E-state index in [-0.39, 0.29) is 39.5 Å². The SMILES string of the molecule is CCOC(=O)n1ccn(C)c1=S.Cc1cc(=O)oc2cc(O)ccc12.O=c1c(-c2ccc(O)cc2)coc2cc(O)cc(O)c12. The molecule has 0 aliphatic carbocycles. The van der Waals surface area contributed by atoms with Gasteiger partial charge in [0.2, 0.25) is 5.43 Å². The fraction of sp³-hybridized carbons (Fsp3) is 0.125. The highest BCUT2D eigenvalue weighted by Crippen LogP contribution is 2.30. The predicted octanol–water partition coefficient (Wildman–Crippen LogP) is 5.94. The lowest BCUT2D eigenvalue weighted by Crippen LogP contribution is -2.13. The number of phenolic OH excluding ortho intramolecular Hbond substituents is 4. The molecule has 0 amide bonds. The minimum Gasteiger partial charge on any atom is -0.508 e. The fourth-order valence-corrected chi connectivity index (χ4v) is 4.36. The number of rotatable bonds is 2. The van der Waals surface area contributed by atoms with Crippen LogP contribution in [0.3, 0.4) is 0 Å². The van der Waals surface area contributed by atoms with Gasteiger partial charge in [0.25, 0.3) is 0 Å². The Bertz CT molecular complexity index is 2180. The number of benzene rings is 3. The Balaban J connectivity index is 0.000000161. The number of hydrogen-bond donors (Lipinski definition) is 4. The first kappa shape index (κ1) is 32.1. The van der Waals surface area contributed by atoms with Gasteiger partial charge in [0.15, 0.2) is 4.77 Å². The molecule has 0 saturated heterocycles. The smallest absolute Gasteiger partial charge is 0.420 e. The lowest BCUT2D eigenvalue weighted by atomic mass is 10.0. The van der Waals surface area contributed by atoms with Crippen LogP contribution < -0.4 is 11.1 Å². The van der Waals surface area contributed by atoms with E-state index < -0.39 is 17.1 Å². The van der Waals surface area contributed by atoms with Crippen LogP contribution in [0.2, 0.25) is 0 Å². The number of carbonyl (C=O) groups is 1. The van der Waals surface area contributed by atoms with Crippen LogP contribution in [-0.2, 0) is 11.8 Å². The maximum absolute atomic E-state index is 12.4. The Hall–Kier alpha value is -5.82. The quantitative estimate of drug-likeness (QED) is 0.131. The molecule has 0 fully saturated rings. The molecule has 45 heavy (non-hydrogen) atoms. The molecular weight excluding hydrogens is 604 g/mol. The minimum atomic E-state index is -0.428. The van der Waals surface area contributed by atoms with Gasteiger partial charge in [-0.1, -0.05) is 12.1 Å². The topological polar surface area (TPSA) is 178 Å². The molecule has 0 saturated carbocycles. The Morgan fingerprint density at radius 1 is 0.889 bits per heavy atom. The van der Waals surface area contributed by atoms with Crippen molar-refractivity contribution in [2.24, 2.45) is 7.05 Å². The van der Waals surface area contributed by atoms with Crippen molar-refractivity contribution in [3.8, 4) is 34.1 Å². The van der Waals surface area contributed by atoms with Crippen molar-refractivity contribution in [2.45, 2.75) is 13.8 Å². The number of phenols is 4. The van der Waals surface area contributed by atoms with E-state index in [0.29, 0.717) is 22.5 Å². The van der Waals surface area contributed by atoms with Crippen LogP contribution >= 0.6 is 12.2 Å². The minimum absolute atomic E-state index is 0.00775. The van der Waals surface area contributed by atoms with E-state index >= 15 is 0 Å². The molecule has 0 spiro atoms. The lowest BCUT2D eigenvalue weighted by molar-refractivity contribution is 0.153. The van der Waals surface area contributed by atoms with Crippen LogP contribution in [0.4, 0.5) is 4.79 Å². The Labute approximate surface area is 259 Å². The highest BCUT2D eigenvalue weighted by atomic mass is 32.1. The largest absolute Gasteiger partial charge is 0.508 e. The van der Waals surface area contributed by atoms with Crippen LogP contribution in [-0.4, -0.2) is 42.3 Å². The zero-order chi connectivity index (χ0) is 32.8. The summed E-state index contributed by atoms with van der Waals surface area (Å²) < 4.78 is 18.4. The van der Waals surface area contributed by atoms with Gasteiger partial charge in [-0.2, -0.15) is 0 Å². The molecule has 0 unspecified atom stereocenters. The number of aryl methyl sites for hydroxylation is 2. The first-order chi connectivity index (χ1) is 21.4. The van der Waals surface area contributed by atoms with E-state index in [1.807, 2.05) is 6.92 Å². The summed E-state index contributed by atoms with van der Waals surface area (Å²) >= 11 is 4.94. The molecule has 0 radical (unpaired) electrons. The van der Waals surface area contributed by atoms with E-state index in [9.17, 15) is 29.7 Å². The van der Waals surface area contributed by atoms with Crippen molar-refractivity contribution in [3.05, 3.63) is 110 Å². The van der Waals surface area contributed by atoms with Crippen molar-refractivity contribution in [1.29, 1.82) is 0 Å². The molecule has 3 aromatic carbocycles. The molecule has 0 aliphatic rings. The van der Waals surface area contributed by atoms with Crippen molar-refractivity contribution in [1.82, 2.24) is 9.13 Å². The molecule has 4 N–H and O–H groups in total. The van der Waals surface area contributed by atoms with E-state index in [1.165, 1.54) is 41.2 Å². The zero-order valence-corrected chi connectivity index (χ0v) is 25.1. The van der Waals surface area contributed by atoms with Gasteiger partial charge in [-0.25, -0.2) is 14.2 Å². The highest BCUT2D eigenvalue weighted by molar-refractivity contribution is 7.71. The van der Waals surface area contributed by atoms with E-state index in [0.717, 1.165) is 17.0 Å². The fourth-order valence-electron chi connectivity index (χ4n) is 4.17. The third-order valence-electron chi connectivity index (χ3n) is 6.37. The normalized spacial score (nSPS) is 10.5. The summed E-state index contributed by atoms with van der Waals surface area (Å²) in [6.07, 6.45) is 4.12. The number of hydrogen-bond acceptors (Lipinski definition) is 11. The molecule has 0 aliphatic heterocycles. The second kappa shape index (κ2) is 13.7. The molecule has 3 heterocycles. The van der Waals surface area contributed by atoms with E-state index in [1.54, 1.807) is 55.2 Å². The molecule has 13 heteroatoms. The van der Waals surface area contributed by atoms with Crippen LogP contribution in [0.1, 0.15) is 12.5 Å². The maximum atomic E-state index is 12.4. The number of nitrogens with zero attached hydrogens (tertiary/aromatic N) is 2. The second-order valence-electron chi connectivity index (χ2n) is 9.55.